The number of nitrogens with one attached hydrogen (secondary N) is 2. The predicted molar refractivity (Wildman–Crippen MR) is 70.1 cm³/mol. The molecule has 0 aliphatic heterocycles. The van der Waals surface area contributed by atoms with E-state index < -0.39 is 0 Å². The quantitative estimate of drug-likeness (QED) is 0.800. The van der Waals surface area contributed by atoms with Crippen LogP contribution in [0.25, 0.3) is 0 Å². The van der Waals surface area contributed by atoms with Gasteiger partial charge in [0.05, 0.1) is 6.61 Å². The van der Waals surface area contributed by atoms with Crippen molar-refractivity contribution in [3.8, 4) is 0 Å². The molecule has 2 aromatic rings. The van der Waals surface area contributed by atoms with Crippen LogP contribution in [0.3, 0.4) is 0 Å². The maximum Gasteiger partial charge on any atom is 0.0503 e. The van der Waals surface area contributed by atoms with Crippen molar-refractivity contribution in [1.82, 2.24) is 4.98 Å². The molecule has 0 saturated carbocycles. The van der Waals surface area contributed by atoms with Gasteiger partial charge in [-0.1, -0.05) is 18.2 Å². The Hall–Kier alpha value is -1.74. The van der Waals surface area contributed by atoms with Gasteiger partial charge in [-0.05, 0) is 29.7 Å². The molecule has 1 heterocycles. The minimum Gasteiger partial charge on any atom is -0.384 e. The number of aromatic amines is 1. The standard InChI is InChI=1S/C14H18N2O/c1-17-9-7-13-4-2-3-5-14(13)16-11-12-6-8-15-10-12/h2-6,8,10,15-16H,7,9,11H2,1H3. The van der Waals surface area contributed by atoms with Gasteiger partial charge in [0.25, 0.3) is 0 Å². The fourth-order valence-electron chi connectivity index (χ4n) is 1.79. The average molecular weight is 230 g/mol. The second-order valence-electron chi connectivity index (χ2n) is 3.97. The third-order valence-corrected chi connectivity index (χ3v) is 2.74. The van der Waals surface area contributed by atoms with Crippen molar-refractivity contribution in [3.05, 3.63) is 53.9 Å². The Balaban J connectivity index is 1.99. The Morgan fingerprint density at radius 2 is 2.12 bits per heavy atom. The molecule has 1 aromatic carbocycles. The molecule has 0 bridgehead atoms. The molecule has 0 unspecified atom stereocenters. The van der Waals surface area contributed by atoms with E-state index in [1.807, 2.05) is 12.4 Å². The number of H-pyrrole nitrogens is 1. The molecule has 0 radical (unpaired) electrons. The van der Waals surface area contributed by atoms with Gasteiger partial charge in [-0.15, -0.1) is 0 Å². The van der Waals surface area contributed by atoms with Crippen LogP contribution >= 0.6 is 0 Å². The first-order valence-corrected chi connectivity index (χ1v) is 5.82. The van der Waals surface area contributed by atoms with Crippen molar-refractivity contribution in [2.24, 2.45) is 0 Å². The highest BCUT2D eigenvalue weighted by Gasteiger charge is 2.01. The highest BCUT2D eigenvalue weighted by molar-refractivity contribution is 5.51. The van der Waals surface area contributed by atoms with E-state index in [2.05, 4.69) is 40.6 Å². The average Bonchev–Trinajstić information content (AvgIpc) is 2.88. The Bertz CT molecular complexity index is 437. The minimum absolute atomic E-state index is 0.753. The summed E-state index contributed by atoms with van der Waals surface area (Å²) in [6.07, 6.45) is 4.88. The van der Waals surface area contributed by atoms with Crippen LogP contribution in [0.1, 0.15) is 11.1 Å². The van der Waals surface area contributed by atoms with E-state index in [1.165, 1.54) is 16.8 Å². The lowest BCUT2D eigenvalue weighted by atomic mass is 10.1. The van der Waals surface area contributed by atoms with Gasteiger partial charge in [-0.25, -0.2) is 0 Å². The molecule has 17 heavy (non-hydrogen) atoms. The molecule has 0 atom stereocenters. The van der Waals surface area contributed by atoms with E-state index in [0.29, 0.717) is 0 Å². The van der Waals surface area contributed by atoms with Gasteiger partial charge in [0.2, 0.25) is 0 Å². The highest BCUT2D eigenvalue weighted by Crippen LogP contribution is 2.16. The first-order chi connectivity index (χ1) is 8.40. The molecule has 0 amide bonds. The van der Waals surface area contributed by atoms with E-state index in [-0.39, 0.29) is 0 Å². The Morgan fingerprint density at radius 1 is 1.24 bits per heavy atom. The fourth-order valence-corrected chi connectivity index (χ4v) is 1.79. The first kappa shape index (κ1) is 11.7. The maximum atomic E-state index is 5.12. The summed E-state index contributed by atoms with van der Waals surface area (Å²) in [6.45, 7) is 1.59. The van der Waals surface area contributed by atoms with Crippen molar-refractivity contribution in [2.45, 2.75) is 13.0 Å². The Labute approximate surface area is 102 Å². The number of aromatic nitrogens is 1. The van der Waals surface area contributed by atoms with Crippen LogP contribution in [0.2, 0.25) is 0 Å². The van der Waals surface area contributed by atoms with Gasteiger partial charge in [0.1, 0.15) is 0 Å². The van der Waals surface area contributed by atoms with Crippen LogP contribution in [-0.4, -0.2) is 18.7 Å². The van der Waals surface area contributed by atoms with Crippen molar-refractivity contribution in [3.63, 3.8) is 0 Å². The topological polar surface area (TPSA) is 37.0 Å². The number of para-hydroxylation sites is 1. The van der Waals surface area contributed by atoms with Gasteiger partial charge >= 0.3 is 0 Å². The van der Waals surface area contributed by atoms with Crippen LogP contribution < -0.4 is 5.32 Å². The SMILES string of the molecule is COCCc1ccccc1NCc1cc[nH]c1. The molecule has 3 nitrogen and oxygen atoms in total. The van der Waals surface area contributed by atoms with Gasteiger partial charge < -0.3 is 15.0 Å². The molecule has 3 heteroatoms. The second kappa shape index (κ2) is 6.11. The predicted octanol–water partition coefficient (Wildman–Crippen LogP) is 2.82. The normalized spacial score (nSPS) is 10.4. The van der Waals surface area contributed by atoms with Gasteiger partial charge in [-0.2, -0.15) is 0 Å². The van der Waals surface area contributed by atoms with Crippen molar-refractivity contribution < 1.29 is 4.74 Å². The monoisotopic (exact) mass is 230 g/mol. The largest absolute Gasteiger partial charge is 0.384 e. The van der Waals surface area contributed by atoms with E-state index >= 15 is 0 Å². The number of anilines is 1. The third kappa shape index (κ3) is 3.36. The van der Waals surface area contributed by atoms with Crippen LogP contribution in [-0.2, 0) is 17.7 Å². The summed E-state index contributed by atoms with van der Waals surface area (Å²) in [5.74, 6) is 0. The fraction of sp³-hybridized carbons (Fsp3) is 0.286. The highest BCUT2D eigenvalue weighted by atomic mass is 16.5. The molecule has 1 aromatic heterocycles. The van der Waals surface area contributed by atoms with Gasteiger partial charge in [0.15, 0.2) is 0 Å². The van der Waals surface area contributed by atoms with Crippen LogP contribution in [0.4, 0.5) is 5.69 Å². The third-order valence-electron chi connectivity index (χ3n) is 2.74. The molecule has 90 valence electrons. The van der Waals surface area contributed by atoms with E-state index in [1.54, 1.807) is 7.11 Å². The smallest absolute Gasteiger partial charge is 0.0503 e. The number of hydrogen-bond acceptors (Lipinski definition) is 2. The zero-order chi connectivity index (χ0) is 11.9. The Kier molecular flexibility index (Phi) is 4.22. The number of methoxy groups -OCH3 is 1. The molecule has 2 N–H and O–H groups in total. The molecule has 0 aliphatic rings. The van der Waals surface area contributed by atoms with Crippen molar-refractivity contribution >= 4 is 5.69 Å². The van der Waals surface area contributed by atoms with Crippen molar-refractivity contribution in [2.75, 3.05) is 19.0 Å². The molecular weight excluding hydrogens is 212 g/mol. The van der Waals surface area contributed by atoms with E-state index in [0.717, 1.165) is 19.6 Å². The zero-order valence-corrected chi connectivity index (χ0v) is 10.1. The summed E-state index contributed by atoms with van der Waals surface area (Å²) in [4.78, 5) is 3.05. The molecule has 0 spiro atoms. The van der Waals surface area contributed by atoms with Crippen LogP contribution in [0, 0.1) is 0 Å². The first-order valence-electron chi connectivity index (χ1n) is 5.82. The molecular formula is C14H18N2O. The summed E-state index contributed by atoms with van der Waals surface area (Å²) < 4.78 is 5.12. The summed E-state index contributed by atoms with van der Waals surface area (Å²) in [6, 6.07) is 10.4. The second-order valence-corrected chi connectivity index (χ2v) is 3.97. The number of benzene rings is 1. The summed E-state index contributed by atoms with van der Waals surface area (Å²) in [5.41, 5.74) is 3.74. The Morgan fingerprint density at radius 3 is 2.88 bits per heavy atom. The summed E-state index contributed by atoms with van der Waals surface area (Å²) in [7, 11) is 1.73. The van der Waals surface area contributed by atoms with E-state index in [4.69, 9.17) is 4.74 Å². The van der Waals surface area contributed by atoms with Crippen LogP contribution in [0.15, 0.2) is 42.7 Å². The lowest BCUT2D eigenvalue weighted by molar-refractivity contribution is 0.202. The maximum absolute atomic E-state index is 5.12. The lowest BCUT2D eigenvalue weighted by Gasteiger charge is -2.11. The number of hydrogen-bond donors (Lipinski definition) is 2. The van der Waals surface area contributed by atoms with E-state index in [9.17, 15) is 0 Å². The summed E-state index contributed by atoms with van der Waals surface area (Å²) >= 11 is 0. The zero-order valence-electron chi connectivity index (χ0n) is 10.1. The molecule has 0 aliphatic carbocycles. The van der Waals surface area contributed by atoms with Crippen molar-refractivity contribution in [1.29, 1.82) is 0 Å². The van der Waals surface area contributed by atoms with Gasteiger partial charge in [0, 0.05) is 31.7 Å². The summed E-state index contributed by atoms with van der Waals surface area (Å²) in [5, 5.41) is 3.45. The minimum atomic E-state index is 0.753. The number of rotatable bonds is 6. The lowest BCUT2D eigenvalue weighted by Crippen LogP contribution is -2.03. The molecule has 0 saturated heterocycles. The molecule has 0 fully saturated rings. The number of ether oxygens (including phenoxy) is 1. The van der Waals surface area contributed by atoms with Gasteiger partial charge in [-0.3, -0.25) is 0 Å². The van der Waals surface area contributed by atoms with Crippen LogP contribution in [0.5, 0.6) is 0 Å². The molecule has 2 rings (SSSR count).